The van der Waals surface area contributed by atoms with Gasteiger partial charge in [0.05, 0.1) is 17.7 Å². The molecule has 0 spiro atoms. The van der Waals surface area contributed by atoms with Gasteiger partial charge in [0.2, 0.25) is 0 Å². The predicted octanol–water partition coefficient (Wildman–Crippen LogP) is 3.09. The van der Waals surface area contributed by atoms with Crippen LogP contribution in [-0.4, -0.2) is 51.0 Å². The van der Waals surface area contributed by atoms with E-state index in [1.807, 2.05) is 17.2 Å². The Bertz CT molecular complexity index is 875. The summed E-state index contributed by atoms with van der Waals surface area (Å²) in [6.45, 7) is 3.72. The molecular formula is C22H27N3O2. The van der Waals surface area contributed by atoms with Crippen LogP contribution in [0.2, 0.25) is 0 Å². The van der Waals surface area contributed by atoms with Gasteiger partial charge in [0.1, 0.15) is 0 Å². The summed E-state index contributed by atoms with van der Waals surface area (Å²) in [7, 11) is 0. The van der Waals surface area contributed by atoms with Crippen molar-refractivity contribution in [2.75, 3.05) is 13.1 Å². The second-order valence-corrected chi connectivity index (χ2v) is 8.30. The molecule has 3 aliphatic rings. The number of pyridine rings is 1. The number of nitrogens with zero attached hydrogens (tertiary/aromatic N) is 3. The van der Waals surface area contributed by atoms with Crippen LogP contribution in [0.15, 0.2) is 24.4 Å². The molecule has 5 heteroatoms. The lowest BCUT2D eigenvalue weighted by Crippen LogP contribution is -2.45. The summed E-state index contributed by atoms with van der Waals surface area (Å²) >= 11 is 0. The number of fused-ring (bicyclic) bond motifs is 3. The number of aliphatic hydroxyl groups is 1. The highest BCUT2D eigenvalue weighted by atomic mass is 16.3. The highest BCUT2D eigenvalue weighted by Gasteiger charge is 2.38. The number of carbonyl (C=O) groups is 1. The molecular weight excluding hydrogens is 338 g/mol. The van der Waals surface area contributed by atoms with Crippen molar-refractivity contribution in [1.82, 2.24) is 14.8 Å². The van der Waals surface area contributed by atoms with E-state index < -0.39 is 6.10 Å². The summed E-state index contributed by atoms with van der Waals surface area (Å²) in [4.78, 5) is 22.3. The van der Waals surface area contributed by atoms with E-state index in [4.69, 9.17) is 0 Å². The number of amides is 1. The third kappa shape index (κ3) is 2.93. The molecule has 2 fully saturated rings. The first kappa shape index (κ1) is 17.1. The van der Waals surface area contributed by atoms with E-state index in [2.05, 4.69) is 22.0 Å². The molecule has 27 heavy (non-hydrogen) atoms. The molecule has 2 aromatic rings. The van der Waals surface area contributed by atoms with Crippen LogP contribution in [0.3, 0.4) is 0 Å². The van der Waals surface area contributed by atoms with Gasteiger partial charge in [0.25, 0.3) is 5.91 Å². The fourth-order valence-corrected chi connectivity index (χ4v) is 5.15. The van der Waals surface area contributed by atoms with Crippen LogP contribution in [0.4, 0.5) is 0 Å². The van der Waals surface area contributed by atoms with Gasteiger partial charge in [-0.05, 0) is 56.5 Å². The smallest absolute Gasteiger partial charge is 0.254 e. The normalized spacial score (nSPS) is 26.1. The Morgan fingerprint density at radius 3 is 2.78 bits per heavy atom. The van der Waals surface area contributed by atoms with Gasteiger partial charge < -0.3 is 10.0 Å². The molecule has 1 amide bonds. The lowest BCUT2D eigenvalue weighted by Gasteiger charge is -2.35. The minimum Gasteiger partial charge on any atom is -0.391 e. The van der Waals surface area contributed by atoms with Crippen LogP contribution in [-0.2, 0) is 13.1 Å². The predicted molar refractivity (Wildman–Crippen MR) is 104 cm³/mol. The summed E-state index contributed by atoms with van der Waals surface area (Å²) in [5.41, 5.74) is 4.01. The number of aliphatic hydroxyl groups excluding tert-OH is 1. The van der Waals surface area contributed by atoms with E-state index in [1.54, 1.807) is 0 Å². The topological polar surface area (TPSA) is 56.7 Å². The minimum absolute atomic E-state index is 0.0561. The molecule has 1 aromatic heterocycles. The van der Waals surface area contributed by atoms with Gasteiger partial charge in [-0.25, -0.2) is 0 Å². The first-order valence-corrected chi connectivity index (χ1v) is 10.3. The van der Waals surface area contributed by atoms with Crippen molar-refractivity contribution in [3.05, 3.63) is 41.1 Å². The third-order valence-electron chi connectivity index (χ3n) is 6.59. The van der Waals surface area contributed by atoms with Gasteiger partial charge in [0.15, 0.2) is 0 Å². The Labute approximate surface area is 160 Å². The molecule has 1 aliphatic carbocycles. The maximum absolute atomic E-state index is 13.2. The first-order chi connectivity index (χ1) is 13.2. The maximum Gasteiger partial charge on any atom is 0.254 e. The lowest BCUT2D eigenvalue weighted by molar-refractivity contribution is 0.0192. The number of rotatable bonds is 3. The van der Waals surface area contributed by atoms with Crippen LogP contribution < -0.4 is 0 Å². The molecule has 1 saturated carbocycles. The number of likely N-dealkylation sites (tertiary alicyclic amines) is 1. The second-order valence-electron chi connectivity index (χ2n) is 8.30. The lowest BCUT2D eigenvalue weighted by atomic mass is 9.91. The van der Waals surface area contributed by atoms with Crippen LogP contribution in [0.5, 0.6) is 0 Å². The standard InChI is InChI=1S/C22H27N3O2/c26-20-8-2-1-7-19(20)25-14-18-17(22(25)27)12-15(13-24-10-3-4-11-24)16-6-5-9-23-21(16)18/h5-6,9,12,19-20,26H,1-4,7-8,10-11,13-14H2. The van der Waals surface area contributed by atoms with Gasteiger partial charge in [-0.2, -0.15) is 0 Å². The Kier molecular flexibility index (Phi) is 4.37. The molecule has 142 valence electrons. The molecule has 5 nitrogen and oxygen atoms in total. The van der Waals surface area contributed by atoms with Crippen molar-refractivity contribution in [1.29, 1.82) is 0 Å². The van der Waals surface area contributed by atoms with Crippen LogP contribution >= 0.6 is 0 Å². The van der Waals surface area contributed by atoms with Crippen LogP contribution in [0.1, 0.15) is 60.0 Å². The minimum atomic E-state index is -0.402. The van der Waals surface area contributed by atoms with Crippen LogP contribution in [0.25, 0.3) is 10.9 Å². The Balaban J connectivity index is 1.54. The third-order valence-corrected chi connectivity index (χ3v) is 6.59. The quantitative estimate of drug-likeness (QED) is 0.908. The van der Waals surface area contributed by atoms with Gasteiger partial charge >= 0.3 is 0 Å². The van der Waals surface area contributed by atoms with Crippen molar-refractivity contribution >= 4 is 16.8 Å². The Morgan fingerprint density at radius 1 is 1.15 bits per heavy atom. The molecule has 1 aromatic carbocycles. The van der Waals surface area contributed by atoms with E-state index in [-0.39, 0.29) is 11.9 Å². The average Bonchev–Trinajstić information content (AvgIpc) is 3.31. The molecule has 2 unspecified atom stereocenters. The summed E-state index contributed by atoms with van der Waals surface area (Å²) in [5.74, 6) is 0.0752. The van der Waals surface area contributed by atoms with Gasteiger partial charge in [0, 0.05) is 35.8 Å². The zero-order chi connectivity index (χ0) is 18.4. The van der Waals surface area contributed by atoms with E-state index in [9.17, 15) is 9.90 Å². The average molecular weight is 365 g/mol. The maximum atomic E-state index is 13.2. The van der Waals surface area contributed by atoms with Gasteiger partial charge in [-0.15, -0.1) is 0 Å². The van der Waals surface area contributed by atoms with Gasteiger partial charge in [-0.3, -0.25) is 14.7 Å². The Hall–Kier alpha value is -1.98. The van der Waals surface area contributed by atoms with Crippen molar-refractivity contribution < 1.29 is 9.90 Å². The highest BCUT2D eigenvalue weighted by molar-refractivity contribution is 6.04. The second kappa shape index (κ2) is 6.88. The van der Waals surface area contributed by atoms with Crippen LogP contribution in [0, 0.1) is 0 Å². The fourth-order valence-electron chi connectivity index (χ4n) is 5.15. The SMILES string of the molecule is O=C1c2cc(CN3CCCC3)c3cccnc3c2CN1C1CCCCC1O. The molecule has 1 saturated heterocycles. The largest absolute Gasteiger partial charge is 0.391 e. The molecule has 0 radical (unpaired) electrons. The van der Waals surface area contributed by atoms with Crippen molar-refractivity contribution in [3.63, 3.8) is 0 Å². The van der Waals surface area contributed by atoms with Crippen molar-refractivity contribution in [2.24, 2.45) is 0 Å². The van der Waals surface area contributed by atoms with E-state index >= 15 is 0 Å². The van der Waals surface area contributed by atoms with E-state index in [0.717, 1.165) is 62.0 Å². The summed E-state index contributed by atoms with van der Waals surface area (Å²) in [5, 5.41) is 11.6. The summed E-state index contributed by atoms with van der Waals surface area (Å²) in [6.07, 6.45) is 7.76. The van der Waals surface area contributed by atoms with Gasteiger partial charge in [-0.1, -0.05) is 18.9 Å². The highest BCUT2D eigenvalue weighted by Crippen LogP contribution is 2.36. The molecule has 2 aliphatic heterocycles. The number of benzene rings is 1. The fraction of sp³-hybridized carbons (Fsp3) is 0.545. The first-order valence-electron chi connectivity index (χ1n) is 10.3. The molecule has 2 atom stereocenters. The monoisotopic (exact) mass is 365 g/mol. The number of hydrogen-bond donors (Lipinski definition) is 1. The summed E-state index contributed by atoms with van der Waals surface area (Å²) in [6, 6.07) is 6.17. The van der Waals surface area contributed by atoms with E-state index in [1.165, 1.54) is 23.8 Å². The van der Waals surface area contributed by atoms with Crippen molar-refractivity contribution in [3.8, 4) is 0 Å². The Morgan fingerprint density at radius 2 is 1.96 bits per heavy atom. The molecule has 3 heterocycles. The molecule has 0 bridgehead atoms. The van der Waals surface area contributed by atoms with E-state index in [0.29, 0.717) is 6.54 Å². The number of carbonyl (C=O) groups excluding carboxylic acids is 1. The zero-order valence-corrected chi connectivity index (χ0v) is 15.7. The zero-order valence-electron chi connectivity index (χ0n) is 15.7. The number of aromatic nitrogens is 1. The molecule has 1 N–H and O–H groups in total. The van der Waals surface area contributed by atoms with Crippen molar-refractivity contribution in [2.45, 2.75) is 63.8 Å². The molecule has 5 rings (SSSR count). The number of hydrogen-bond acceptors (Lipinski definition) is 4. The summed E-state index contributed by atoms with van der Waals surface area (Å²) < 4.78 is 0.